The van der Waals surface area contributed by atoms with Crippen LogP contribution >= 0.6 is 0 Å². The predicted molar refractivity (Wildman–Crippen MR) is 324 cm³/mol. The first kappa shape index (κ1) is 73.1. The van der Waals surface area contributed by atoms with Crippen LogP contribution in [0.3, 0.4) is 0 Å². The van der Waals surface area contributed by atoms with Gasteiger partial charge in [0.15, 0.2) is 12.4 Å². The van der Waals surface area contributed by atoms with E-state index in [1.165, 1.54) is 141 Å². The Morgan fingerprint density at radius 1 is 0.500 bits per heavy atom. The van der Waals surface area contributed by atoms with Crippen LogP contribution in [-0.2, 0) is 23.8 Å². The molecule has 11 heteroatoms. The van der Waals surface area contributed by atoms with Crippen LogP contribution in [0.4, 0.5) is 0 Å². The molecule has 452 valence electrons. The summed E-state index contributed by atoms with van der Waals surface area (Å²) in [6.45, 7) is 5.74. The average Bonchev–Trinajstić information content (AvgIpc) is 3.44. The lowest BCUT2D eigenvalue weighted by Crippen LogP contribution is -2.61. The molecule has 1 saturated heterocycles. The molecule has 0 saturated carbocycles. The van der Waals surface area contributed by atoms with Crippen LogP contribution in [0, 0.1) is 0 Å². The van der Waals surface area contributed by atoms with E-state index in [2.05, 4.69) is 86.8 Å². The quantitative estimate of drug-likeness (QED) is 0.0195. The van der Waals surface area contributed by atoms with E-state index in [0.717, 1.165) is 89.9 Å². The number of allylic oxidation sites excluding steroid dienone is 11. The molecule has 78 heavy (non-hydrogen) atoms. The van der Waals surface area contributed by atoms with Gasteiger partial charge in [0.25, 0.3) is 0 Å². The topological polar surface area (TPSA) is 175 Å². The van der Waals surface area contributed by atoms with Gasteiger partial charge < -0.3 is 45.1 Å². The number of carbonyl (C=O) groups excluding carboxylic acids is 2. The molecule has 1 amide bonds. The van der Waals surface area contributed by atoms with Gasteiger partial charge >= 0.3 is 5.97 Å². The second kappa shape index (κ2) is 54.7. The predicted octanol–water partition coefficient (Wildman–Crippen LogP) is 15.6. The molecule has 1 aliphatic rings. The van der Waals surface area contributed by atoms with E-state index < -0.39 is 67.4 Å². The van der Waals surface area contributed by atoms with Crippen molar-refractivity contribution in [1.29, 1.82) is 0 Å². The van der Waals surface area contributed by atoms with Crippen LogP contribution < -0.4 is 5.32 Å². The van der Waals surface area contributed by atoms with Crippen LogP contribution in [0.5, 0.6) is 0 Å². The van der Waals surface area contributed by atoms with Crippen molar-refractivity contribution in [2.75, 3.05) is 13.2 Å². The van der Waals surface area contributed by atoms with E-state index >= 15 is 0 Å². The highest BCUT2D eigenvalue weighted by molar-refractivity contribution is 5.80. The van der Waals surface area contributed by atoms with Crippen molar-refractivity contribution in [3.05, 3.63) is 72.9 Å². The van der Waals surface area contributed by atoms with Crippen LogP contribution in [0.2, 0.25) is 0 Å². The number of aliphatic hydroxyl groups excluding tert-OH is 5. The molecule has 0 spiro atoms. The molecule has 1 aliphatic heterocycles. The maximum Gasteiger partial charge on any atom is 0.306 e. The Morgan fingerprint density at radius 2 is 0.885 bits per heavy atom. The van der Waals surface area contributed by atoms with Gasteiger partial charge in [0.2, 0.25) is 5.91 Å². The lowest BCUT2D eigenvalue weighted by atomic mass is 9.99. The number of amides is 1. The molecule has 1 fully saturated rings. The Bertz CT molecular complexity index is 1540. The second-order valence-corrected chi connectivity index (χ2v) is 22.1. The first-order chi connectivity index (χ1) is 38.2. The molecule has 0 bridgehead atoms. The molecular weight excluding hydrogens is 979 g/mol. The third-order valence-electron chi connectivity index (χ3n) is 14.8. The van der Waals surface area contributed by atoms with Gasteiger partial charge in [-0.2, -0.15) is 0 Å². The minimum atomic E-state index is -1.62. The zero-order valence-corrected chi connectivity index (χ0v) is 50.0. The standard InChI is InChI=1S/C67H119NO10/c1-4-7-10-13-16-19-22-25-26-27-28-29-30-31-32-33-34-35-36-37-40-43-46-49-52-55-62(72)78-65-64(74)63(73)61(56-69)77-67(65)76-57-58(59(70)53-50-47-44-41-38-23-20-17-14-11-8-5-2)68-66(75)60(71)54-51-48-45-42-39-24-21-18-15-12-9-6-3/h16,19,25-26,28-29,31-32,39,42,50,53,58-61,63-65,67,69-71,73-74H,4-15,17-18,20-24,27,30,33-38,40-41,43-49,51-52,54-57H2,1-3H3,(H,68,75)/b19-16-,26-25-,29-28-,32-31-,42-39-,53-50+. The zero-order valence-electron chi connectivity index (χ0n) is 50.0. The zero-order chi connectivity index (χ0) is 56.8. The van der Waals surface area contributed by atoms with Crippen molar-refractivity contribution in [2.24, 2.45) is 0 Å². The monoisotopic (exact) mass is 1100 g/mol. The minimum Gasteiger partial charge on any atom is -0.454 e. The summed E-state index contributed by atoms with van der Waals surface area (Å²) in [5.74, 6) is -1.22. The van der Waals surface area contributed by atoms with Crippen LogP contribution in [0.25, 0.3) is 0 Å². The SMILES string of the molecule is CCCCC/C=C\C/C=C\C/C=C\C/C=C\CCCCCCCCCCCC(=O)OC1C(OCC(NC(=O)C(O)CCCC/C=C\CCCCCCCC)C(O)/C=C/CCCCCCCCCCCC)OC(CO)C(O)C1O. The molecule has 0 aromatic rings. The number of nitrogens with one attached hydrogen (secondary N) is 1. The summed E-state index contributed by atoms with van der Waals surface area (Å²) in [5.41, 5.74) is 0. The number of aliphatic hydroxyl groups is 5. The Morgan fingerprint density at radius 3 is 1.36 bits per heavy atom. The molecule has 0 aromatic carbocycles. The number of hydrogen-bond acceptors (Lipinski definition) is 10. The number of hydrogen-bond donors (Lipinski definition) is 6. The third-order valence-corrected chi connectivity index (χ3v) is 14.8. The van der Waals surface area contributed by atoms with Crippen molar-refractivity contribution < 1.29 is 49.3 Å². The highest BCUT2D eigenvalue weighted by atomic mass is 16.7. The van der Waals surface area contributed by atoms with E-state index in [4.69, 9.17) is 14.2 Å². The third kappa shape index (κ3) is 42.0. The molecule has 6 N–H and O–H groups in total. The number of unbranched alkanes of at least 4 members (excludes halogenated alkanes) is 30. The molecule has 0 radical (unpaired) electrons. The van der Waals surface area contributed by atoms with Crippen molar-refractivity contribution in [3.8, 4) is 0 Å². The smallest absolute Gasteiger partial charge is 0.306 e. The highest BCUT2D eigenvalue weighted by Crippen LogP contribution is 2.26. The van der Waals surface area contributed by atoms with Gasteiger partial charge in [0.1, 0.15) is 24.4 Å². The van der Waals surface area contributed by atoms with E-state index in [9.17, 15) is 35.1 Å². The van der Waals surface area contributed by atoms with Crippen LogP contribution in [0.1, 0.15) is 278 Å². The van der Waals surface area contributed by atoms with E-state index in [1.807, 2.05) is 6.08 Å². The number of carbonyl (C=O) groups is 2. The Balaban J connectivity index is 2.61. The Kier molecular flexibility index (Phi) is 51.3. The molecule has 0 aromatic heterocycles. The van der Waals surface area contributed by atoms with Crippen molar-refractivity contribution in [2.45, 2.75) is 327 Å². The van der Waals surface area contributed by atoms with Gasteiger partial charge in [0.05, 0.1) is 25.4 Å². The van der Waals surface area contributed by atoms with Gasteiger partial charge in [-0.1, -0.05) is 248 Å². The van der Waals surface area contributed by atoms with E-state index in [1.54, 1.807) is 6.08 Å². The lowest BCUT2D eigenvalue weighted by Gasteiger charge is -2.41. The maximum absolute atomic E-state index is 13.4. The van der Waals surface area contributed by atoms with E-state index in [0.29, 0.717) is 12.8 Å². The van der Waals surface area contributed by atoms with Crippen molar-refractivity contribution in [3.63, 3.8) is 0 Å². The molecular formula is C67H119NO10. The highest BCUT2D eigenvalue weighted by Gasteiger charge is 2.47. The first-order valence-electron chi connectivity index (χ1n) is 32.2. The Hall–Kier alpha value is -2.90. The molecule has 8 unspecified atom stereocenters. The summed E-state index contributed by atoms with van der Waals surface area (Å²) in [6.07, 6.45) is 59.4. The summed E-state index contributed by atoms with van der Waals surface area (Å²) in [5, 5.41) is 56.9. The largest absolute Gasteiger partial charge is 0.454 e. The molecule has 11 nitrogen and oxygen atoms in total. The van der Waals surface area contributed by atoms with Gasteiger partial charge in [-0.25, -0.2) is 0 Å². The summed E-state index contributed by atoms with van der Waals surface area (Å²) in [4.78, 5) is 26.5. The second-order valence-electron chi connectivity index (χ2n) is 22.1. The maximum atomic E-state index is 13.4. The van der Waals surface area contributed by atoms with Gasteiger partial charge in [-0.15, -0.1) is 0 Å². The van der Waals surface area contributed by atoms with Gasteiger partial charge in [-0.3, -0.25) is 9.59 Å². The number of rotatable bonds is 54. The van der Waals surface area contributed by atoms with E-state index in [-0.39, 0.29) is 19.4 Å². The number of ether oxygens (including phenoxy) is 3. The first-order valence-corrected chi connectivity index (χ1v) is 32.2. The number of esters is 1. The van der Waals surface area contributed by atoms with Crippen LogP contribution in [-0.4, -0.2) is 99.6 Å². The molecule has 0 aliphatic carbocycles. The molecule has 1 rings (SSSR count). The lowest BCUT2D eigenvalue weighted by molar-refractivity contribution is -0.305. The summed E-state index contributed by atoms with van der Waals surface area (Å²) < 4.78 is 17.6. The summed E-state index contributed by atoms with van der Waals surface area (Å²) in [7, 11) is 0. The minimum absolute atomic E-state index is 0.113. The van der Waals surface area contributed by atoms with Gasteiger partial charge in [0, 0.05) is 6.42 Å². The van der Waals surface area contributed by atoms with Gasteiger partial charge in [-0.05, 0) is 96.3 Å². The molecule has 1 heterocycles. The molecule has 8 atom stereocenters. The summed E-state index contributed by atoms with van der Waals surface area (Å²) >= 11 is 0. The fraction of sp³-hybridized carbons (Fsp3) is 0.791. The van der Waals surface area contributed by atoms with Crippen LogP contribution in [0.15, 0.2) is 72.9 Å². The fourth-order valence-electron chi connectivity index (χ4n) is 9.69. The van der Waals surface area contributed by atoms with Crippen molar-refractivity contribution >= 4 is 11.9 Å². The normalized spacial score (nSPS) is 19.4. The summed E-state index contributed by atoms with van der Waals surface area (Å²) in [6, 6.07) is -1.03. The Labute approximate surface area is 477 Å². The fourth-order valence-corrected chi connectivity index (χ4v) is 9.69. The van der Waals surface area contributed by atoms with Crippen molar-refractivity contribution in [1.82, 2.24) is 5.32 Å². The average molecular weight is 1100 g/mol.